The van der Waals surface area contributed by atoms with Crippen LogP contribution in [0.2, 0.25) is 0 Å². The topological polar surface area (TPSA) is 50.2 Å². The number of aromatic hydroxyl groups is 1. The highest BCUT2D eigenvalue weighted by atomic mass is 16.3. The molecule has 19 heavy (non-hydrogen) atoms. The molecule has 3 heteroatoms. The Kier molecular flexibility index (Phi) is 4.29. The van der Waals surface area contributed by atoms with Crippen molar-refractivity contribution in [2.75, 3.05) is 0 Å². The van der Waals surface area contributed by atoms with Gasteiger partial charge in [-0.1, -0.05) is 25.1 Å². The molecule has 1 aromatic carbocycles. The molecule has 0 aliphatic carbocycles. The lowest BCUT2D eigenvalue weighted by atomic mass is 10.0. The molecule has 0 saturated carbocycles. The van der Waals surface area contributed by atoms with E-state index in [-0.39, 0.29) is 18.0 Å². The third-order valence-corrected chi connectivity index (χ3v) is 3.04. The zero-order valence-corrected chi connectivity index (χ0v) is 11.0. The van der Waals surface area contributed by atoms with E-state index in [2.05, 4.69) is 4.98 Å². The molecule has 1 heterocycles. The van der Waals surface area contributed by atoms with Gasteiger partial charge in [0, 0.05) is 30.3 Å². The van der Waals surface area contributed by atoms with Crippen LogP contribution in [0.5, 0.6) is 5.75 Å². The molecule has 2 aromatic rings. The second-order valence-corrected chi connectivity index (χ2v) is 4.53. The highest BCUT2D eigenvalue weighted by Gasteiger charge is 2.09. The molecule has 0 aliphatic rings. The number of benzene rings is 1. The van der Waals surface area contributed by atoms with Crippen molar-refractivity contribution in [3.8, 4) is 5.75 Å². The molecule has 0 unspecified atom stereocenters. The van der Waals surface area contributed by atoms with Crippen molar-refractivity contribution < 1.29 is 9.90 Å². The van der Waals surface area contributed by atoms with Crippen LogP contribution < -0.4 is 0 Å². The van der Waals surface area contributed by atoms with Crippen molar-refractivity contribution in [3.05, 3.63) is 59.4 Å². The first-order chi connectivity index (χ1) is 9.19. The second-order valence-electron chi connectivity index (χ2n) is 4.53. The molecule has 0 aliphatic heterocycles. The number of hydrogen-bond donors (Lipinski definition) is 1. The van der Waals surface area contributed by atoms with Gasteiger partial charge in [-0.15, -0.1) is 0 Å². The molecule has 1 aromatic heterocycles. The highest BCUT2D eigenvalue weighted by molar-refractivity contribution is 5.83. The molecule has 0 spiro atoms. The number of phenolic OH excluding ortho intramolecular Hbond substituents is 1. The SMILES string of the molecule is CCc1ccc(O)c(CC(=O)Cc2ccccn2)c1. The van der Waals surface area contributed by atoms with Crippen molar-refractivity contribution in [2.45, 2.75) is 26.2 Å². The van der Waals surface area contributed by atoms with E-state index in [1.807, 2.05) is 37.3 Å². The predicted octanol–water partition coefficient (Wildman–Crippen LogP) is 2.70. The molecule has 2 rings (SSSR count). The Morgan fingerprint density at radius 1 is 1.21 bits per heavy atom. The lowest BCUT2D eigenvalue weighted by molar-refractivity contribution is -0.117. The molecule has 0 amide bonds. The fourth-order valence-corrected chi connectivity index (χ4v) is 1.98. The van der Waals surface area contributed by atoms with Gasteiger partial charge in [0.05, 0.1) is 0 Å². The van der Waals surface area contributed by atoms with Crippen molar-refractivity contribution in [3.63, 3.8) is 0 Å². The predicted molar refractivity (Wildman–Crippen MR) is 74.1 cm³/mol. The summed E-state index contributed by atoms with van der Waals surface area (Å²) < 4.78 is 0. The Bertz CT molecular complexity index is 564. The van der Waals surface area contributed by atoms with E-state index in [1.165, 1.54) is 0 Å². The minimum atomic E-state index is 0.0576. The Morgan fingerprint density at radius 3 is 2.74 bits per heavy atom. The van der Waals surface area contributed by atoms with Crippen LogP contribution >= 0.6 is 0 Å². The van der Waals surface area contributed by atoms with Crippen LogP contribution in [0.4, 0.5) is 0 Å². The number of Topliss-reactive ketones (excluding diaryl/α,β-unsaturated/α-hetero) is 1. The van der Waals surface area contributed by atoms with Crippen LogP contribution in [0.25, 0.3) is 0 Å². The van der Waals surface area contributed by atoms with E-state index in [0.717, 1.165) is 17.7 Å². The Hall–Kier alpha value is -2.16. The van der Waals surface area contributed by atoms with Crippen LogP contribution in [-0.2, 0) is 24.1 Å². The van der Waals surface area contributed by atoms with Gasteiger partial charge in [0.25, 0.3) is 0 Å². The summed E-state index contributed by atoms with van der Waals surface area (Å²) in [6.07, 6.45) is 3.12. The molecule has 0 bridgehead atoms. The summed E-state index contributed by atoms with van der Waals surface area (Å²) in [5, 5.41) is 9.78. The Morgan fingerprint density at radius 2 is 2.05 bits per heavy atom. The molecule has 0 atom stereocenters. The van der Waals surface area contributed by atoms with E-state index in [4.69, 9.17) is 0 Å². The summed E-state index contributed by atoms with van der Waals surface area (Å²) in [6, 6.07) is 10.9. The number of rotatable bonds is 5. The van der Waals surface area contributed by atoms with Gasteiger partial charge in [-0.3, -0.25) is 9.78 Å². The van der Waals surface area contributed by atoms with Crippen LogP contribution in [0.1, 0.15) is 23.7 Å². The van der Waals surface area contributed by atoms with Crippen molar-refractivity contribution in [2.24, 2.45) is 0 Å². The molecule has 0 saturated heterocycles. The van der Waals surface area contributed by atoms with Crippen LogP contribution in [0.3, 0.4) is 0 Å². The monoisotopic (exact) mass is 255 g/mol. The van der Waals surface area contributed by atoms with E-state index in [0.29, 0.717) is 12.0 Å². The molecular weight excluding hydrogens is 238 g/mol. The molecule has 98 valence electrons. The number of carbonyl (C=O) groups excluding carboxylic acids is 1. The van der Waals surface area contributed by atoms with Gasteiger partial charge in [0.15, 0.2) is 0 Å². The van der Waals surface area contributed by atoms with E-state index < -0.39 is 0 Å². The van der Waals surface area contributed by atoms with E-state index >= 15 is 0 Å². The van der Waals surface area contributed by atoms with Gasteiger partial charge in [-0.25, -0.2) is 0 Å². The van der Waals surface area contributed by atoms with Crippen LogP contribution in [-0.4, -0.2) is 15.9 Å². The average Bonchev–Trinajstić information content (AvgIpc) is 2.42. The normalized spacial score (nSPS) is 10.4. The van der Waals surface area contributed by atoms with Gasteiger partial charge in [-0.2, -0.15) is 0 Å². The first kappa shape index (κ1) is 13.3. The standard InChI is InChI=1S/C16H17NO2/c1-2-12-6-7-16(19)13(9-12)10-15(18)11-14-5-3-4-8-17-14/h3-9,19H,2,10-11H2,1H3. The third kappa shape index (κ3) is 3.65. The maximum atomic E-state index is 12.0. The maximum Gasteiger partial charge on any atom is 0.143 e. The maximum absolute atomic E-state index is 12.0. The summed E-state index contributed by atoms with van der Waals surface area (Å²) in [4.78, 5) is 16.1. The number of ketones is 1. The Balaban J connectivity index is 2.06. The minimum absolute atomic E-state index is 0.0576. The highest BCUT2D eigenvalue weighted by Crippen LogP contribution is 2.20. The quantitative estimate of drug-likeness (QED) is 0.893. The van der Waals surface area contributed by atoms with E-state index in [1.54, 1.807) is 12.3 Å². The summed E-state index contributed by atoms with van der Waals surface area (Å²) in [7, 11) is 0. The zero-order chi connectivity index (χ0) is 13.7. The van der Waals surface area contributed by atoms with Gasteiger partial charge in [0.1, 0.15) is 11.5 Å². The summed E-state index contributed by atoms with van der Waals surface area (Å²) >= 11 is 0. The zero-order valence-electron chi connectivity index (χ0n) is 11.0. The summed E-state index contributed by atoms with van der Waals surface area (Å²) in [6.45, 7) is 2.05. The number of aryl methyl sites for hydroxylation is 1. The molecular formula is C16H17NO2. The molecule has 3 nitrogen and oxygen atoms in total. The first-order valence-electron chi connectivity index (χ1n) is 6.41. The first-order valence-corrected chi connectivity index (χ1v) is 6.41. The number of carbonyl (C=O) groups is 1. The molecule has 1 N–H and O–H groups in total. The van der Waals surface area contributed by atoms with Crippen LogP contribution in [0, 0.1) is 0 Å². The second kappa shape index (κ2) is 6.14. The smallest absolute Gasteiger partial charge is 0.143 e. The van der Waals surface area contributed by atoms with Gasteiger partial charge in [-0.05, 0) is 30.2 Å². The average molecular weight is 255 g/mol. The van der Waals surface area contributed by atoms with Crippen molar-refractivity contribution >= 4 is 5.78 Å². The number of pyridine rings is 1. The fraction of sp³-hybridized carbons (Fsp3) is 0.250. The fourth-order valence-electron chi connectivity index (χ4n) is 1.98. The summed E-state index contributed by atoms with van der Waals surface area (Å²) in [5.74, 6) is 0.244. The lowest BCUT2D eigenvalue weighted by Gasteiger charge is -2.06. The van der Waals surface area contributed by atoms with Crippen molar-refractivity contribution in [1.82, 2.24) is 4.98 Å². The van der Waals surface area contributed by atoms with Gasteiger partial charge < -0.3 is 5.11 Å². The third-order valence-electron chi connectivity index (χ3n) is 3.04. The Labute approximate surface area is 112 Å². The van der Waals surface area contributed by atoms with Gasteiger partial charge >= 0.3 is 0 Å². The minimum Gasteiger partial charge on any atom is -0.508 e. The molecule has 0 radical (unpaired) electrons. The number of aromatic nitrogens is 1. The van der Waals surface area contributed by atoms with Gasteiger partial charge in [0.2, 0.25) is 0 Å². The van der Waals surface area contributed by atoms with Crippen molar-refractivity contribution in [1.29, 1.82) is 0 Å². The van der Waals surface area contributed by atoms with Crippen LogP contribution in [0.15, 0.2) is 42.6 Å². The number of hydrogen-bond acceptors (Lipinski definition) is 3. The van der Waals surface area contributed by atoms with E-state index in [9.17, 15) is 9.90 Å². The number of phenols is 1. The summed E-state index contributed by atoms with van der Waals surface area (Å²) in [5.41, 5.74) is 2.58. The lowest BCUT2D eigenvalue weighted by Crippen LogP contribution is -2.08. The number of nitrogens with zero attached hydrogens (tertiary/aromatic N) is 1. The molecule has 0 fully saturated rings. The largest absolute Gasteiger partial charge is 0.508 e.